The van der Waals surface area contributed by atoms with Crippen molar-refractivity contribution in [1.29, 1.82) is 0 Å². The molecule has 0 aromatic heterocycles. The van der Waals surface area contributed by atoms with Gasteiger partial charge in [0.2, 0.25) is 0 Å². The fourth-order valence-corrected chi connectivity index (χ4v) is 0. The number of hydrogen-bond donors (Lipinski definition) is 0. The van der Waals surface area contributed by atoms with E-state index in [1.54, 1.807) is 0 Å². The van der Waals surface area contributed by atoms with Crippen LogP contribution in [0, 0.1) is 0 Å². The van der Waals surface area contributed by atoms with E-state index < -0.39 is 0 Å². The van der Waals surface area contributed by atoms with E-state index in [0.29, 0.717) is 0 Å². The minimum atomic E-state index is 0. The SMILES string of the molecule is [Cs+].[Cs+].[O-2].[O-2].[O-2].[O-2].[W+6]. The molecule has 0 unspecified atom stereocenters. The zero-order valence-corrected chi connectivity index (χ0v) is 19.5. The van der Waals surface area contributed by atoms with Crippen molar-refractivity contribution in [2.75, 3.05) is 0 Å². The van der Waals surface area contributed by atoms with E-state index in [2.05, 4.69) is 0 Å². The molecule has 0 heterocycles. The summed E-state index contributed by atoms with van der Waals surface area (Å²) in [4.78, 5) is 0. The second-order valence-corrected chi connectivity index (χ2v) is 0. The van der Waals surface area contributed by atoms with Gasteiger partial charge >= 0.3 is 159 Å². The van der Waals surface area contributed by atoms with E-state index in [4.69, 9.17) is 0 Å². The van der Waals surface area contributed by atoms with Crippen molar-refractivity contribution in [3.8, 4) is 0 Å². The maximum atomic E-state index is 0. The maximum absolute atomic E-state index is 0. The molecule has 0 amide bonds. The van der Waals surface area contributed by atoms with Crippen LogP contribution in [0.5, 0.6) is 0 Å². The Morgan fingerprint density at radius 3 is 0.429 bits per heavy atom. The van der Waals surface area contributed by atoms with E-state index in [0.717, 1.165) is 0 Å². The summed E-state index contributed by atoms with van der Waals surface area (Å²) in [7, 11) is 0. The largest absolute Gasteiger partial charge is 6.00 e. The van der Waals surface area contributed by atoms with Gasteiger partial charge in [-0.2, -0.15) is 0 Å². The Labute approximate surface area is 174 Å². The van der Waals surface area contributed by atoms with Gasteiger partial charge in [-0.25, -0.2) is 0 Å². The van der Waals surface area contributed by atoms with E-state index in [-0.39, 0.29) is 181 Å². The first-order valence-corrected chi connectivity index (χ1v) is 0. The molecule has 0 aliphatic carbocycles. The third kappa shape index (κ3) is 36.9. The minimum Gasteiger partial charge on any atom is -2.00 e. The van der Waals surface area contributed by atoms with Crippen molar-refractivity contribution in [3.63, 3.8) is 0 Å². The quantitative estimate of drug-likeness (QED) is 0.307. The molecule has 0 saturated heterocycles. The van der Waals surface area contributed by atoms with Gasteiger partial charge in [0.05, 0.1) is 0 Å². The van der Waals surface area contributed by atoms with Crippen LogP contribution >= 0.6 is 0 Å². The summed E-state index contributed by atoms with van der Waals surface area (Å²) in [5.41, 5.74) is 0. The van der Waals surface area contributed by atoms with Gasteiger partial charge < -0.3 is 21.9 Å². The number of rotatable bonds is 0. The summed E-state index contributed by atoms with van der Waals surface area (Å²) in [6.45, 7) is 0. The smallest absolute Gasteiger partial charge is 2.00 e. The Morgan fingerprint density at radius 2 is 0.429 bits per heavy atom. The van der Waals surface area contributed by atoms with Crippen LogP contribution in [0.3, 0.4) is 0 Å². The Morgan fingerprint density at radius 1 is 0.429 bits per heavy atom. The molecule has 0 aliphatic heterocycles. The average Bonchev–Trinajstić information content (AvgIpc) is 0. The first kappa shape index (κ1) is 61.3. The van der Waals surface area contributed by atoms with Crippen LogP contribution in [0.1, 0.15) is 0 Å². The normalized spacial score (nSPS) is 0. The maximum Gasteiger partial charge on any atom is 6.00 e. The fraction of sp³-hybridized carbons (Fsp3) is 0. The molecule has 0 aromatic rings. The Kier molecular flexibility index (Phi) is 402. The summed E-state index contributed by atoms with van der Waals surface area (Å²) in [5.74, 6) is 0. The molecule has 0 N–H and O–H groups in total. The summed E-state index contributed by atoms with van der Waals surface area (Å²) in [6.07, 6.45) is 0. The third-order valence-corrected chi connectivity index (χ3v) is 0. The second kappa shape index (κ2) is 46.0. The zero-order valence-electron chi connectivity index (χ0n) is 4.04. The first-order chi connectivity index (χ1) is 0. The zero-order chi connectivity index (χ0) is 0. The summed E-state index contributed by atoms with van der Waals surface area (Å²) in [5, 5.41) is 0. The topological polar surface area (TPSA) is 114 Å². The van der Waals surface area contributed by atoms with E-state index in [1.165, 1.54) is 0 Å². The molecule has 0 bridgehead atoms. The summed E-state index contributed by atoms with van der Waals surface area (Å²) in [6, 6.07) is 0. The van der Waals surface area contributed by atoms with Crippen LogP contribution in [-0.2, 0) is 43.0 Å². The van der Waals surface area contributed by atoms with Gasteiger partial charge in [-0.3, -0.25) is 0 Å². The van der Waals surface area contributed by atoms with Crippen LogP contribution in [0.4, 0.5) is 0 Å². The molecule has 0 spiro atoms. The summed E-state index contributed by atoms with van der Waals surface area (Å²) < 4.78 is 0. The van der Waals surface area contributed by atoms with Crippen LogP contribution in [-0.4, -0.2) is 0 Å². The molecule has 0 atom stereocenters. The Balaban J connectivity index is 0. The molecule has 0 aliphatic rings. The summed E-state index contributed by atoms with van der Waals surface area (Å²) >= 11 is 0. The Bertz CT molecular complexity index is 9.65. The Hall–Kier alpha value is 4.63. The molecule has 32 valence electrons. The van der Waals surface area contributed by atoms with Crippen LogP contribution in [0.2, 0.25) is 0 Å². The van der Waals surface area contributed by atoms with Gasteiger partial charge in [0.15, 0.2) is 0 Å². The van der Waals surface area contributed by atoms with Crippen LogP contribution in [0.15, 0.2) is 0 Å². The standard InChI is InChI=1S/2Cs.4O.W/q2*+1;4*-2;+6. The molecule has 0 radical (unpaired) electrons. The van der Waals surface area contributed by atoms with Gasteiger partial charge in [0.1, 0.15) is 0 Å². The molecule has 7 heavy (non-hydrogen) atoms. The van der Waals surface area contributed by atoms with Crippen molar-refractivity contribution in [3.05, 3.63) is 0 Å². The van der Waals surface area contributed by atoms with Gasteiger partial charge in [-0.05, 0) is 0 Å². The molecule has 0 saturated carbocycles. The van der Waals surface area contributed by atoms with Gasteiger partial charge in [-0.1, -0.05) is 0 Å². The van der Waals surface area contributed by atoms with Gasteiger partial charge in [-0.15, -0.1) is 0 Å². The average molecular weight is 514 g/mol. The molecular weight excluding hydrogens is 514 g/mol. The van der Waals surface area contributed by atoms with Gasteiger partial charge in [0.25, 0.3) is 0 Å². The van der Waals surface area contributed by atoms with E-state index >= 15 is 0 Å². The molecule has 0 aromatic carbocycles. The van der Waals surface area contributed by atoms with Crippen molar-refractivity contribution in [1.82, 2.24) is 0 Å². The van der Waals surface area contributed by atoms with Crippen LogP contribution in [0.25, 0.3) is 0 Å². The predicted octanol–water partition coefficient (Wildman–Crippen LogP) is -6.47. The van der Waals surface area contributed by atoms with Crippen molar-refractivity contribution < 1.29 is 181 Å². The molecular formula is Cs2O4W. The molecule has 7 heteroatoms. The van der Waals surface area contributed by atoms with Crippen LogP contribution < -0.4 is 138 Å². The van der Waals surface area contributed by atoms with Crippen molar-refractivity contribution >= 4 is 0 Å². The monoisotopic (exact) mass is 514 g/mol. The molecule has 0 rings (SSSR count). The first-order valence-electron chi connectivity index (χ1n) is 0. The minimum absolute atomic E-state index is 0. The molecule has 0 fully saturated rings. The molecule has 4 nitrogen and oxygen atoms in total. The number of hydrogen-bond acceptors (Lipinski definition) is 0. The fourth-order valence-electron chi connectivity index (χ4n) is 0. The van der Waals surface area contributed by atoms with E-state index in [9.17, 15) is 0 Å². The van der Waals surface area contributed by atoms with Gasteiger partial charge in [0, 0.05) is 0 Å². The van der Waals surface area contributed by atoms with E-state index in [1.807, 2.05) is 0 Å². The van der Waals surface area contributed by atoms with Crippen molar-refractivity contribution in [2.45, 2.75) is 0 Å². The third-order valence-electron chi connectivity index (χ3n) is 0. The predicted molar refractivity (Wildman–Crippen MR) is 2.75 cm³/mol. The second-order valence-electron chi connectivity index (χ2n) is 0. The van der Waals surface area contributed by atoms with Crippen molar-refractivity contribution in [2.24, 2.45) is 0 Å².